The van der Waals surface area contributed by atoms with Gasteiger partial charge in [0.05, 0.1) is 8.66 Å². The molecule has 0 bridgehead atoms. The molecule has 0 aliphatic heterocycles. The third-order valence-electron chi connectivity index (χ3n) is 2.52. The molecule has 0 radical (unpaired) electrons. The highest BCUT2D eigenvalue weighted by Crippen LogP contribution is 2.28. The highest BCUT2D eigenvalue weighted by atomic mass is 79.9. The Morgan fingerprint density at radius 1 is 1.29 bits per heavy atom. The summed E-state index contributed by atoms with van der Waals surface area (Å²) in [5, 5.41) is 0. The van der Waals surface area contributed by atoms with Gasteiger partial charge in [0.1, 0.15) is 0 Å². The van der Waals surface area contributed by atoms with Gasteiger partial charge in [0, 0.05) is 12.7 Å². The molecule has 0 fully saturated rings. The molecule has 0 aliphatic carbocycles. The van der Waals surface area contributed by atoms with Crippen molar-refractivity contribution in [2.24, 2.45) is 0 Å². The molecule has 0 N–H and O–H groups in total. The van der Waals surface area contributed by atoms with E-state index in [2.05, 4.69) is 15.9 Å². The van der Waals surface area contributed by atoms with E-state index in [1.165, 1.54) is 11.3 Å². The van der Waals surface area contributed by atoms with Gasteiger partial charge in [-0.1, -0.05) is 18.2 Å². The van der Waals surface area contributed by atoms with Crippen LogP contribution in [0.2, 0.25) is 0 Å². The summed E-state index contributed by atoms with van der Waals surface area (Å²) in [5.74, 6) is 0.0231. The molecule has 17 heavy (non-hydrogen) atoms. The van der Waals surface area contributed by atoms with Crippen LogP contribution < -0.4 is 4.90 Å². The van der Waals surface area contributed by atoms with Gasteiger partial charge in [0.2, 0.25) is 0 Å². The number of amides is 1. The van der Waals surface area contributed by atoms with E-state index in [4.69, 9.17) is 0 Å². The summed E-state index contributed by atoms with van der Waals surface area (Å²) in [6, 6.07) is 11.6. The van der Waals surface area contributed by atoms with Gasteiger partial charge in [0.15, 0.2) is 0 Å². The number of carbonyl (C=O) groups is 1. The Bertz CT molecular complexity index is 516. The van der Waals surface area contributed by atoms with E-state index < -0.39 is 0 Å². The Morgan fingerprint density at radius 2 is 1.94 bits per heavy atom. The number of nitrogens with zero attached hydrogens (tertiary/aromatic N) is 1. The van der Waals surface area contributed by atoms with Crippen molar-refractivity contribution in [1.82, 2.24) is 0 Å². The molecule has 0 atom stereocenters. The number of hydrogen-bond donors (Lipinski definition) is 0. The fraction of sp³-hybridized carbons (Fsp3) is 0.154. The zero-order valence-electron chi connectivity index (χ0n) is 9.61. The van der Waals surface area contributed by atoms with E-state index in [-0.39, 0.29) is 5.91 Å². The lowest BCUT2D eigenvalue weighted by molar-refractivity contribution is 0.0997. The molecule has 1 heterocycles. The van der Waals surface area contributed by atoms with E-state index in [1.54, 1.807) is 11.9 Å². The number of anilines is 1. The highest BCUT2D eigenvalue weighted by molar-refractivity contribution is 9.11. The first-order chi connectivity index (χ1) is 8.09. The second-order valence-corrected chi connectivity index (χ2v) is 6.14. The van der Waals surface area contributed by atoms with Crippen LogP contribution >= 0.6 is 27.3 Å². The molecule has 0 aliphatic rings. The molecule has 2 aromatic rings. The molecule has 4 heteroatoms. The molecular weight excluding hydrogens is 298 g/mol. The van der Waals surface area contributed by atoms with Crippen molar-refractivity contribution in [2.45, 2.75) is 6.92 Å². The first kappa shape index (κ1) is 12.3. The molecule has 2 nitrogen and oxygen atoms in total. The monoisotopic (exact) mass is 309 g/mol. The van der Waals surface area contributed by atoms with Gasteiger partial charge in [-0.05, 0) is 46.6 Å². The fourth-order valence-corrected chi connectivity index (χ4v) is 3.01. The Balaban J connectivity index is 2.26. The van der Waals surface area contributed by atoms with Gasteiger partial charge < -0.3 is 4.90 Å². The van der Waals surface area contributed by atoms with Crippen molar-refractivity contribution in [3.05, 3.63) is 50.6 Å². The van der Waals surface area contributed by atoms with Crippen LogP contribution in [0.1, 0.15) is 15.2 Å². The number of benzene rings is 1. The van der Waals surface area contributed by atoms with E-state index >= 15 is 0 Å². The van der Waals surface area contributed by atoms with Crippen LogP contribution in [0.5, 0.6) is 0 Å². The SMILES string of the molecule is Cc1cc(C(=O)N(C)c2ccccc2)sc1Br. The molecule has 1 amide bonds. The predicted molar refractivity (Wildman–Crippen MR) is 75.9 cm³/mol. The summed E-state index contributed by atoms with van der Waals surface area (Å²) < 4.78 is 1.02. The molecule has 0 saturated heterocycles. The third-order valence-corrected chi connectivity index (χ3v) is 4.64. The van der Waals surface area contributed by atoms with Crippen molar-refractivity contribution in [3.8, 4) is 0 Å². The highest BCUT2D eigenvalue weighted by Gasteiger charge is 2.16. The molecule has 2 rings (SSSR count). The summed E-state index contributed by atoms with van der Waals surface area (Å²) >= 11 is 4.91. The average molecular weight is 310 g/mol. The molecule has 88 valence electrons. The van der Waals surface area contributed by atoms with Crippen LogP contribution in [0.3, 0.4) is 0 Å². The normalized spacial score (nSPS) is 10.3. The molecule has 1 aromatic heterocycles. The van der Waals surface area contributed by atoms with Gasteiger partial charge in [-0.15, -0.1) is 11.3 Å². The van der Waals surface area contributed by atoms with Crippen LogP contribution in [0, 0.1) is 6.92 Å². The number of aryl methyl sites for hydroxylation is 1. The smallest absolute Gasteiger partial charge is 0.268 e. The largest absolute Gasteiger partial charge is 0.311 e. The Labute approximate surface area is 113 Å². The fourth-order valence-electron chi connectivity index (χ4n) is 1.50. The van der Waals surface area contributed by atoms with Gasteiger partial charge in [-0.3, -0.25) is 4.79 Å². The van der Waals surface area contributed by atoms with E-state index in [9.17, 15) is 4.79 Å². The summed E-state index contributed by atoms with van der Waals surface area (Å²) in [6.07, 6.45) is 0. The topological polar surface area (TPSA) is 20.3 Å². The van der Waals surface area contributed by atoms with Gasteiger partial charge >= 0.3 is 0 Å². The first-order valence-corrected chi connectivity index (χ1v) is 6.79. The minimum Gasteiger partial charge on any atom is -0.311 e. The average Bonchev–Trinajstić information content (AvgIpc) is 2.69. The standard InChI is InChI=1S/C13H12BrNOS/c1-9-8-11(17-12(9)14)13(16)15(2)10-6-4-3-5-7-10/h3-8H,1-2H3. The van der Waals surface area contributed by atoms with Crippen molar-refractivity contribution in [1.29, 1.82) is 0 Å². The van der Waals surface area contributed by atoms with Gasteiger partial charge in [-0.2, -0.15) is 0 Å². The van der Waals surface area contributed by atoms with Crippen molar-refractivity contribution >= 4 is 38.9 Å². The predicted octanol–water partition coefficient (Wildman–Crippen LogP) is 4.10. The van der Waals surface area contributed by atoms with Crippen LogP contribution in [-0.4, -0.2) is 13.0 Å². The Hall–Kier alpha value is -1.13. The summed E-state index contributed by atoms with van der Waals surface area (Å²) in [6.45, 7) is 1.99. The Morgan fingerprint density at radius 3 is 2.47 bits per heavy atom. The van der Waals surface area contributed by atoms with Crippen LogP contribution in [0.15, 0.2) is 40.2 Å². The summed E-state index contributed by atoms with van der Waals surface area (Å²) in [5.41, 5.74) is 2.00. The number of carbonyl (C=O) groups excluding carboxylic acids is 1. The molecule has 0 spiro atoms. The molecular formula is C13H12BrNOS. The lowest BCUT2D eigenvalue weighted by atomic mass is 10.2. The van der Waals surface area contributed by atoms with Gasteiger partial charge in [0.25, 0.3) is 5.91 Å². The zero-order valence-corrected chi connectivity index (χ0v) is 12.0. The number of para-hydroxylation sites is 1. The third kappa shape index (κ3) is 2.58. The second-order valence-electron chi connectivity index (χ2n) is 3.77. The second kappa shape index (κ2) is 5.02. The van der Waals surface area contributed by atoms with E-state index in [1.807, 2.05) is 43.3 Å². The summed E-state index contributed by atoms with van der Waals surface area (Å²) in [7, 11) is 1.79. The molecule has 1 aromatic carbocycles. The maximum atomic E-state index is 12.2. The minimum absolute atomic E-state index is 0.0231. The van der Waals surface area contributed by atoms with E-state index in [0.29, 0.717) is 0 Å². The minimum atomic E-state index is 0.0231. The zero-order chi connectivity index (χ0) is 12.4. The van der Waals surface area contributed by atoms with E-state index in [0.717, 1.165) is 19.9 Å². The Kier molecular flexibility index (Phi) is 3.64. The van der Waals surface area contributed by atoms with Crippen LogP contribution in [0.25, 0.3) is 0 Å². The number of thiophene rings is 1. The molecule has 0 unspecified atom stereocenters. The number of hydrogen-bond acceptors (Lipinski definition) is 2. The van der Waals surface area contributed by atoms with Crippen LogP contribution in [-0.2, 0) is 0 Å². The summed E-state index contributed by atoms with van der Waals surface area (Å²) in [4.78, 5) is 14.6. The maximum Gasteiger partial charge on any atom is 0.268 e. The lowest BCUT2D eigenvalue weighted by Gasteiger charge is -2.15. The van der Waals surface area contributed by atoms with Crippen LogP contribution in [0.4, 0.5) is 5.69 Å². The van der Waals surface area contributed by atoms with Gasteiger partial charge in [-0.25, -0.2) is 0 Å². The van der Waals surface area contributed by atoms with Crippen molar-refractivity contribution in [3.63, 3.8) is 0 Å². The molecule has 0 saturated carbocycles. The number of halogens is 1. The van der Waals surface area contributed by atoms with Crippen molar-refractivity contribution < 1.29 is 4.79 Å². The lowest BCUT2D eigenvalue weighted by Crippen LogP contribution is -2.25. The van der Waals surface area contributed by atoms with Crippen molar-refractivity contribution in [2.75, 3.05) is 11.9 Å². The first-order valence-electron chi connectivity index (χ1n) is 5.18. The quantitative estimate of drug-likeness (QED) is 0.818. The number of rotatable bonds is 2. The maximum absolute atomic E-state index is 12.2.